The van der Waals surface area contributed by atoms with Gasteiger partial charge in [-0.15, -0.1) is 12.3 Å². The third-order valence-electron chi connectivity index (χ3n) is 1.39. The molecule has 0 nitrogen and oxygen atoms in total. The first-order valence-corrected chi connectivity index (χ1v) is 5.03. The summed E-state index contributed by atoms with van der Waals surface area (Å²) in [6.07, 6.45) is 5.90. The molecule has 0 amide bonds. The Morgan fingerprint density at radius 3 is 2.69 bits per heavy atom. The van der Waals surface area contributed by atoms with Crippen molar-refractivity contribution >= 4 is 11.8 Å². The van der Waals surface area contributed by atoms with Crippen molar-refractivity contribution in [3.05, 3.63) is 35.9 Å². The average molecular weight is 186 g/mol. The van der Waals surface area contributed by atoms with Gasteiger partial charge in [0.05, 0.1) is 0 Å². The summed E-state index contributed by atoms with van der Waals surface area (Å²) in [4.78, 5) is 0. The largest absolute Gasteiger partial charge is 0.120 e. The summed E-state index contributed by atoms with van der Waals surface area (Å²) in [5.41, 5.74) is 1.05. The van der Waals surface area contributed by atoms with Crippen LogP contribution in [0.15, 0.2) is 30.3 Å². The lowest BCUT2D eigenvalue weighted by Gasteiger charge is -1.86. The highest BCUT2D eigenvalue weighted by Crippen LogP contribution is 2.00. The Hall–Kier alpha value is -1.31. The van der Waals surface area contributed by atoms with Gasteiger partial charge in [-0.2, -0.15) is 0 Å². The minimum absolute atomic E-state index is 0.786. The summed E-state index contributed by atoms with van der Waals surface area (Å²) in [5, 5.41) is 3.01. The van der Waals surface area contributed by atoms with Gasteiger partial charge in [-0.3, -0.25) is 0 Å². The van der Waals surface area contributed by atoms with Crippen molar-refractivity contribution in [3.8, 4) is 23.5 Å². The molecule has 0 bridgehead atoms. The third-order valence-corrected chi connectivity index (χ3v) is 2.04. The Morgan fingerprint density at radius 1 is 1.23 bits per heavy atom. The molecule has 0 radical (unpaired) electrons. The normalized spacial score (nSPS) is 8.23. The van der Waals surface area contributed by atoms with E-state index in [1.165, 1.54) is 0 Å². The van der Waals surface area contributed by atoms with Crippen LogP contribution in [0.5, 0.6) is 0 Å². The smallest absolute Gasteiger partial charge is 0.0254 e. The molecule has 13 heavy (non-hydrogen) atoms. The van der Waals surface area contributed by atoms with Crippen LogP contribution in [0.3, 0.4) is 0 Å². The molecule has 0 fully saturated rings. The molecule has 0 heterocycles. The minimum atomic E-state index is 0.786. The summed E-state index contributed by atoms with van der Waals surface area (Å²) in [6, 6.07) is 9.94. The molecule has 0 saturated carbocycles. The van der Waals surface area contributed by atoms with E-state index < -0.39 is 0 Å². The van der Waals surface area contributed by atoms with Gasteiger partial charge in [0.25, 0.3) is 0 Å². The van der Waals surface area contributed by atoms with Gasteiger partial charge in [0.1, 0.15) is 0 Å². The third kappa shape index (κ3) is 4.31. The summed E-state index contributed by atoms with van der Waals surface area (Å²) < 4.78 is 0. The predicted octanol–water partition coefficient (Wildman–Crippen LogP) is 2.75. The van der Waals surface area contributed by atoms with Crippen LogP contribution in [0, 0.1) is 23.5 Å². The summed E-state index contributed by atoms with van der Waals surface area (Å²) in [7, 11) is 0. The van der Waals surface area contributed by atoms with Crippen molar-refractivity contribution < 1.29 is 0 Å². The SMILES string of the molecule is C#CCCSC#Cc1ccccc1. The number of thioether (sulfide) groups is 1. The molecular weight excluding hydrogens is 176 g/mol. The Bertz CT molecular complexity index is 335. The molecule has 0 aliphatic heterocycles. The van der Waals surface area contributed by atoms with Crippen LogP contribution in [0.1, 0.15) is 12.0 Å². The minimum Gasteiger partial charge on any atom is -0.120 e. The van der Waals surface area contributed by atoms with E-state index in [0.29, 0.717) is 0 Å². The molecule has 0 spiro atoms. The first-order valence-electron chi connectivity index (χ1n) is 4.05. The zero-order valence-corrected chi connectivity index (χ0v) is 8.10. The molecule has 0 aliphatic carbocycles. The summed E-state index contributed by atoms with van der Waals surface area (Å²) >= 11 is 1.57. The van der Waals surface area contributed by atoms with E-state index in [0.717, 1.165) is 17.7 Å². The van der Waals surface area contributed by atoms with Crippen LogP contribution in [-0.2, 0) is 0 Å². The molecule has 1 aromatic carbocycles. The van der Waals surface area contributed by atoms with E-state index in [1.54, 1.807) is 11.8 Å². The van der Waals surface area contributed by atoms with Gasteiger partial charge in [0.15, 0.2) is 0 Å². The molecule has 1 rings (SSSR count). The van der Waals surface area contributed by atoms with E-state index in [1.807, 2.05) is 30.3 Å². The van der Waals surface area contributed by atoms with Crippen LogP contribution in [0.25, 0.3) is 0 Å². The van der Waals surface area contributed by atoms with Crippen molar-refractivity contribution in [2.45, 2.75) is 6.42 Å². The van der Waals surface area contributed by atoms with Crippen LogP contribution in [-0.4, -0.2) is 5.75 Å². The monoisotopic (exact) mass is 186 g/mol. The van der Waals surface area contributed by atoms with E-state index in [4.69, 9.17) is 6.42 Å². The highest BCUT2D eigenvalue weighted by molar-refractivity contribution is 8.03. The van der Waals surface area contributed by atoms with Crippen molar-refractivity contribution in [1.82, 2.24) is 0 Å². The molecule has 0 atom stereocenters. The van der Waals surface area contributed by atoms with E-state index in [9.17, 15) is 0 Å². The Labute approximate surface area is 83.7 Å². The van der Waals surface area contributed by atoms with Gasteiger partial charge in [-0.1, -0.05) is 35.9 Å². The van der Waals surface area contributed by atoms with E-state index >= 15 is 0 Å². The fourth-order valence-corrected chi connectivity index (χ4v) is 1.29. The van der Waals surface area contributed by atoms with Crippen LogP contribution in [0.2, 0.25) is 0 Å². The number of benzene rings is 1. The molecule has 0 aliphatic rings. The molecular formula is C12H10S. The number of hydrogen-bond donors (Lipinski definition) is 0. The highest BCUT2D eigenvalue weighted by atomic mass is 32.2. The lowest BCUT2D eigenvalue weighted by molar-refractivity contribution is 1.31. The first kappa shape index (κ1) is 9.78. The van der Waals surface area contributed by atoms with Crippen molar-refractivity contribution in [2.75, 3.05) is 5.75 Å². The first-order chi connectivity index (χ1) is 6.43. The Morgan fingerprint density at radius 2 is 2.00 bits per heavy atom. The maximum atomic E-state index is 5.11. The molecule has 1 aromatic rings. The highest BCUT2D eigenvalue weighted by Gasteiger charge is 1.82. The second kappa shape index (κ2) is 6.23. The van der Waals surface area contributed by atoms with Crippen molar-refractivity contribution in [2.24, 2.45) is 0 Å². The maximum absolute atomic E-state index is 5.11. The average Bonchev–Trinajstić information content (AvgIpc) is 2.19. The Kier molecular flexibility index (Phi) is 4.69. The van der Waals surface area contributed by atoms with Gasteiger partial charge >= 0.3 is 0 Å². The quantitative estimate of drug-likeness (QED) is 0.505. The Balaban J connectivity index is 2.37. The van der Waals surface area contributed by atoms with E-state index in [-0.39, 0.29) is 0 Å². The zero-order chi connectivity index (χ0) is 9.36. The van der Waals surface area contributed by atoms with Crippen LogP contribution >= 0.6 is 11.8 Å². The molecule has 0 unspecified atom stereocenters. The van der Waals surface area contributed by atoms with Gasteiger partial charge in [0, 0.05) is 17.7 Å². The zero-order valence-electron chi connectivity index (χ0n) is 7.29. The fourth-order valence-electron chi connectivity index (χ4n) is 0.777. The number of rotatable bonds is 2. The molecule has 64 valence electrons. The fraction of sp³-hybridized carbons (Fsp3) is 0.167. The lowest BCUT2D eigenvalue weighted by Crippen LogP contribution is -1.72. The van der Waals surface area contributed by atoms with Gasteiger partial charge in [-0.25, -0.2) is 0 Å². The van der Waals surface area contributed by atoms with Gasteiger partial charge in [-0.05, 0) is 17.4 Å². The predicted molar refractivity (Wildman–Crippen MR) is 59.2 cm³/mol. The number of hydrogen-bond acceptors (Lipinski definition) is 1. The number of terminal acetylenes is 1. The van der Waals surface area contributed by atoms with Crippen molar-refractivity contribution in [3.63, 3.8) is 0 Å². The molecule has 0 aromatic heterocycles. The van der Waals surface area contributed by atoms with Crippen LogP contribution < -0.4 is 0 Å². The standard InChI is InChI=1S/C12H10S/c1-2-3-10-13-11-9-12-7-5-4-6-8-12/h1,4-8H,3,10H2. The molecule has 0 N–H and O–H groups in total. The molecule has 0 saturated heterocycles. The second-order valence-corrected chi connectivity index (χ2v) is 3.30. The van der Waals surface area contributed by atoms with Gasteiger partial charge in [0.2, 0.25) is 0 Å². The molecule has 1 heteroatoms. The second-order valence-electron chi connectivity index (χ2n) is 2.40. The van der Waals surface area contributed by atoms with Crippen LogP contribution in [0.4, 0.5) is 0 Å². The van der Waals surface area contributed by atoms with E-state index in [2.05, 4.69) is 17.1 Å². The van der Waals surface area contributed by atoms with Gasteiger partial charge < -0.3 is 0 Å². The lowest BCUT2D eigenvalue weighted by atomic mass is 10.2. The summed E-state index contributed by atoms with van der Waals surface area (Å²) in [5.74, 6) is 6.54. The maximum Gasteiger partial charge on any atom is 0.0254 e. The summed E-state index contributed by atoms with van der Waals surface area (Å²) in [6.45, 7) is 0. The topological polar surface area (TPSA) is 0 Å². The van der Waals surface area contributed by atoms with Crippen molar-refractivity contribution in [1.29, 1.82) is 0 Å².